The van der Waals surface area contributed by atoms with Crippen LogP contribution in [0.4, 0.5) is 0 Å². The Kier molecular flexibility index (Phi) is 4.93. The van der Waals surface area contributed by atoms with Crippen LogP contribution in [0.3, 0.4) is 0 Å². The molecule has 0 aromatic carbocycles. The molecule has 1 rings (SSSR count). The Morgan fingerprint density at radius 1 is 1.39 bits per heavy atom. The van der Waals surface area contributed by atoms with E-state index in [1.165, 1.54) is 0 Å². The molecule has 0 aromatic rings. The van der Waals surface area contributed by atoms with Crippen LogP contribution in [0.1, 0.15) is 47.0 Å². The molecule has 104 valence electrons. The highest BCUT2D eigenvalue weighted by molar-refractivity contribution is 5.86. The van der Waals surface area contributed by atoms with E-state index in [1.54, 1.807) is 6.92 Å². The topological polar surface area (TPSA) is 58.6 Å². The van der Waals surface area contributed by atoms with Crippen molar-refractivity contribution in [2.45, 2.75) is 59.1 Å². The lowest BCUT2D eigenvalue weighted by atomic mass is 9.70. The molecule has 3 atom stereocenters. The van der Waals surface area contributed by atoms with Crippen molar-refractivity contribution in [3.63, 3.8) is 0 Å². The molecule has 0 saturated heterocycles. The summed E-state index contributed by atoms with van der Waals surface area (Å²) in [6.07, 6.45) is 2.11. The fourth-order valence-electron chi connectivity index (χ4n) is 2.29. The van der Waals surface area contributed by atoms with Crippen LogP contribution >= 0.6 is 0 Å². The molecule has 0 heterocycles. The lowest BCUT2D eigenvalue weighted by Gasteiger charge is -2.39. The van der Waals surface area contributed by atoms with Gasteiger partial charge in [-0.15, -0.1) is 5.48 Å². The van der Waals surface area contributed by atoms with Crippen molar-refractivity contribution in [2.75, 3.05) is 0 Å². The standard InChI is InChI=1S/C14H25NO3/c1-9(2)13(17)18-15-11-7-6-10(8-12(11)16)14(3,4)5/h10-12,15-16H,1,6-8H2,2-5H3. The predicted octanol–water partition coefficient (Wildman–Crippen LogP) is 2.19. The van der Waals surface area contributed by atoms with Crippen LogP contribution in [-0.2, 0) is 9.63 Å². The van der Waals surface area contributed by atoms with E-state index >= 15 is 0 Å². The summed E-state index contributed by atoms with van der Waals surface area (Å²) < 4.78 is 0. The van der Waals surface area contributed by atoms with E-state index in [9.17, 15) is 9.90 Å². The molecule has 0 aromatic heterocycles. The van der Waals surface area contributed by atoms with Gasteiger partial charge in [0.15, 0.2) is 0 Å². The number of nitrogens with one attached hydrogen (secondary N) is 1. The summed E-state index contributed by atoms with van der Waals surface area (Å²) in [4.78, 5) is 16.1. The summed E-state index contributed by atoms with van der Waals surface area (Å²) in [5.41, 5.74) is 3.22. The molecule has 0 aliphatic heterocycles. The van der Waals surface area contributed by atoms with Gasteiger partial charge in [-0.3, -0.25) is 0 Å². The van der Waals surface area contributed by atoms with Crippen LogP contribution in [0.2, 0.25) is 0 Å². The minimum atomic E-state index is -0.472. The lowest BCUT2D eigenvalue weighted by molar-refractivity contribution is -0.151. The number of hydroxylamine groups is 1. The molecule has 18 heavy (non-hydrogen) atoms. The molecule has 1 aliphatic carbocycles. The third-order valence-corrected chi connectivity index (χ3v) is 3.69. The second-order valence-electron chi connectivity index (χ2n) is 6.34. The van der Waals surface area contributed by atoms with E-state index in [2.05, 4.69) is 32.8 Å². The molecule has 4 heteroatoms. The third-order valence-electron chi connectivity index (χ3n) is 3.69. The van der Waals surface area contributed by atoms with E-state index in [1.807, 2.05) is 0 Å². The zero-order valence-electron chi connectivity index (χ0n) is 11.8. The number of aliphatic hydroxyl groups excluding tert-OH is 1. The van der Waals surface area contributed by atoms with E-state index in [-0.39, 0.29) is 11.5 Å². The van der Waals surface area contributed by atoms with Crippen LogP contribution < -0.4 is 5.48 Å². The molecule has 0 bridgehead atoms. The van der Waals surface area contributed by atoms with Crippen molar-refractivity contribution < 1.29 is 14.7 Å². The van der Waals surface area contributed by atoms with E-state index in [0.29, 0.717) is 11.5 Å². The zero-order chi connectivity index (χ0) is 13.9. The Bertz CT molecular complexity index is 319. The fraction of sp³-hybridized carbons (Fsp3) is 0.786. The van der Waals surface area contributed by atoms with Crippen molar-refractivity contribution in [1.82, 2.24) is 5.48 Å². The number of hydrogen-bond acceptors (Lipinski definition) is 4. The third kappa shape index (κ3) is 4.10. The largest absolute Gasteiger partial charge is 0.391 e. The number of hydrogen-bond donors (Lipinski definition) is 2. The second-order valence-corrected chi connectivity index (χ2v) is 6.34. The summed E-state index contributed by atoms with van der Waals surface area (Å²) in [7, 11) is 0. The highest BCUT2D eigenvalue weighted by Gasteiger charge is 2.35. The van der Waals surface area contributed by atoms with E-state index in [0.717, 1.165) is 19.3 Å². The van der Waals surface area contributed by atoms with Gasteiger partial charge in [0.2, 0.25) is 0 Å². The Labute approximate surface area is 109 Å². The molecule has 1 saturated carbocycles. The van der Waals surface area contributed by atoms with E-state index in [4.69, 9.17) is 4.84 Å². The maximum atomic E-state index is 11.2. The van der Waals surface area contributed by atoms with Gasteiger partial charge in [-0.05, 0) is 37.5 Å². The van der Waals surface area contributed by atoms with Gasteiger partial charge in [-0.2, -0.15) is 0 Å². The number of aliphatic hydroxyl groups is 1. The minimum Gasteiger partial charge on any atom is -0.391 e. The van der Waals surface area contributed by atoms with Gasteiger partial charge in [0.05, 0.1) is 12.1 Å². The molecule has 0 radical (unpaired) electrons. The predicted molar refractivity (Wildman–Crippen MR) is 70.6 cm³/mol. The van der Waals surface area contributed by atoms with Gasteiger partial charge >= 0.3 is 5.97 Å². The van der Waals surface area contributed by atoms with Crippen molar-refractivity contribution >= 4 is 5.97 Å². The maximum absolute atomic E-state index is 11.2. The monoisotopic (exact) mass is 255 g/mol. The summed E-state index contributed by atoms with van der Waals surface area (Å²) >= 11 is 0. The zero-order valence-corrected chi connectivity index (χ0v) is 11.8. The van der Waals surface area contributed by atoms with Crippen molar-refractivity contribution in [2.24, 2.45) is 11.3 Å². The van der Waals surface area contributed by atoms with Gasteiger partial charge in [0, 0.05) is 5.57 Å². The van der Waals surface area contributed by atoms with E-state index < -0.39 is 12.1 Å². The summed E-state index contributed by atoms with van der Waals surface area (Å²) in [5, 5.41) is 10.1. The summed E-state index contributed by atoms with van der Waals surface area (Å²) in [6.45, 7) is 11.7. The Morgan fingerprint density at radius 2 is 2.00 bits per heavy atom. The van der Waals surface area contributed by atoms with Gasteiger partial charge in [0.1, 0.15) is 0 Å². The highest BCUT2D eigenvalue weighted by atomic mass is 16.7. The van der Waals surface area contributed by atoms with Crippen LogP contribution in [-0.4, -0.2) is 23.2 Å². The Balaban J connectivity index is 2.43. The average molecular weight is 255 g/mol. The number of carbonyl (C=O) groups is 1. The van der Waals surface area contributed by atoms with Crippen LogP contribution in [0, 0.1) is 11.3 Å². The molecule has 4 nitrogen and oxygen atoms in total. The van der Waals surface area contributed by atoms with Gasteiger partial charge < -0.3 is 9.94 Å². The molecule has 2 N–H and O–H groups in total. The first-order valence-corrected chi connectivity index (χ1v) is 6.52. The molecule has 3 unspecified atom stereocenters. The SMILES string of the molecule is C=C(C)C(=O)ONC1CCC(C(C)(C)C)CC1O. The average Bonchev–Trinajstić information content (AvgIpc) is 2.25. The smallest absolute Gasteiger partial charge is 0.351 e. The molecule has 1 aliphatic rings. The number of rotatable bonds is 3. The first-order chi connectivity index (χ1) is 8.21. The first-order valence-electron chi connectivity index (χ1n) is 6.52. The molecule has 0 amide bonds. The van der Waals surface area contributed by atoms with Gasteiger partial charge in [0.25, 0.3) is 0 Å². The van der Waals surface area contributed by atoms with Gasteiger partial charge in [-0.25, -0.2) is 4.79 Å². The second kappa shape index (κ2) is 5.85. The summed E-state index contributed by atoms with van der Waals surface area (Å²) in [5.74, 6) is 0.0301. The van der Waals surface area contributed by atoms with Crippen molar-refractivity contribution in [3.05, 3.63) is 12.2 Å². The highest BCUT2D eigenvalue weighted by Crippen LogP contribution is 2.37. The molecular weight excluding hydrogens is 230 g/mol. The normalized spacial score (nSPS) is 28.8. The molecule has 1 fully saturated rings. The van der Waals surface area contributed by atoms with Crippen LogP contribution in [0.25, 0.3) is 0 Å². The Hall–Kier alpha value is -0.870. The Morgan fingerprint density at radius 3 is 2.44 bits per heavy atom. The van der Waals surface area contributed by atoms with Gasteiger partial charge in [-0.1, -0.05) is 27.4 Å². The minimum absolute atomic E-state index is 0.174. The molecular formula is C14H25NO3. The van der Waals surface area contributed by atoms with Crippen LogP contribution in [0.15, 0.2) is 12.2 Å². The van der Waals surface area contributed by atoms with Crippen LogP contribution in [0.5, 0.6) is 0 Å². The van der Waals surface area contributed by atoms with Crippen molar-refractivity contribution in [3.8, 4) is 0 Å². The lowest BCUT2D eigenvalue weighted by Crippen LogP contribution is -2.46. The number of carbonyl (C=O) groups excluding carboxylic acids is 1. The fourth-order valence-corrected chi connectivity index (χ4v) is 2.29. The summed E-state index contributed by atoms with van der Waals surface area (Å²) in [6, 6.07) is -0.174. The maximum Gasteiger partial charge on any atom is 0.351 e. The first kappa shape index (κ1) is 15.2. The molecule has 0 spiro atoms. The quantitative estimate of drug-likeness (QED) is 0.599. The van der Waals surface area contributed by atoms with Crippen molar-refractivity contribution in [1.29, 1.82) is 0 Å².